The van der Waals surface area contributed by atoms with Crippen molar-refractivity contribution < 1.29 is 28.5 Å². The highest BCUT2D eigenvalue weighted by Crippen LogP contribution is 2.43. The number of amidine groups is 1. The number of rotatable bonds is 7. The molecule has 0 aromatic heterocycles. The Labute approximate surface area is 197 Å². The van der Waals surface area contributed by atoms with Gasteiger partial charge < -0.3 is 28.7 Å². The van der Waals surface area contributed by atoms with Crippen molar-refractivity contribution in [2.75, 3.05) is 46.6 Å². The molecule has 1 aromatic rings. The summed E-state index contributed by atoms with van der Waals surface area (Å²) in [5, 5.41) is 2.72. The summed E-state index contributed by atoms with van der Waals surface area (Å²) in [6.07, 6.45) is 1.90. The second-order valence-corrected chi connectivity index (χ2v) is 8.39. The van der Waals surface area contributed by atoms with E-state index in [-0.39, 0.29) is 19.1 Å². The molecule has 0 saturated carbocycles. The van der Waals surface area contributed by atoms with Crippen molar-refractivity contribution in [2.45, 2.75) is 19.9 Å². The first-order valence-corrected chi connectivity index (χ1v) is 11.7. The number of nitrogens with zero attached hydrogens (tertiary/aromatic N) is 3. The molecule has 1 saturated heterocycles. The largest absolute Gasteiger partial charge is 0.493 e. The fourth-order valence-corrected chi connectivity index (χ4v) is 4.71. The lowest BCUT2D eigenvalue weighted by molar-refractivity contribution is -0.139. The third-order valence-electron chi connectivity index (χ3n) is 5.53. The highest BCUT2D eigenvalue weighted by atomic mass is 32.2. The number of fused-ring (bicyclic) bond motifs is 1. The van der Waals surface area contributed by atoms with Gasteiger partial charge in [-0.1, -0.05) is 17.8 Å². The van der Waals surface area contributed by atoms with Gasteiger partial charge in [0.25, 0.3) is 5.91 Å². The molecule has 1 aromatic carbocycles. The third kappa shape index (κ3) is 4.86. The Kier molecular flexibility index (Phi) is 7.24. The van der Waals surface area contributed by atoms with Crippen LogP contribution in [-0.2, 0) is 19.1 Å². The zero-order chi connectivity index (χ0) is 23.4. The van der Waals surface area contributed by atoms with Crippen molar-refractivity contribution in [1.82, 2.24) is 9.80 Å². The van der Waals surface area contributed by atoms with Crippen LogP contribution in [0.25, 0.3) is 0 Å². The molecule has 1 unspecified atom stereocenters. The number of ether oxygens (including phenoxy) is 4. The number of aliphatic imine (C=N–C) groups is 1. The van der Waals surface area contributed by atoms with Gasteiger partial charge in [0.05, 0.1) is 44.2 Å². The molecule has 3 aliphatic heterocycles. The van der Waals surface area contributed by atoms with Crippen LogP contribution >= 0.6 is 11.8 Å². The van der Waals surface area contributed by atoms with Crippen LogP contribution in [0.1, 0.15) is 25.5 Å². The fourth-order valence-electron chi connectivity index (χ4n) is 3.92. The van der Waals surface area contributed by atoms with E-state index in [1.807, 2.05) is 35.6 Å². The average molecular weight is 474 g/mol. The lowest BCUT2D eigenvalue weighted by Crippen LogP contribution is -2.43. The van der Waals surface area contributed by atoms with Crippen molar-refractivity contribution in [3.63, 3.8) is 0 Å². The van der Waals surface area contributed by atoms with E-state index >= 15 is 0 Å². The summed E-state index contributed by atoms with van der Waals surface area (Å²) < 4.78 is 22.0. The smallest absolute Gasteiger partial charge is 0.338 e. The molecule has 0 N–H and O–H groups in total. The number of allylic oxidation sites excluding steroid dienone is 1. The monoisotopic (exact) mass is 473 g/mol. The van der Waals surface area contributed by atoms with Gasteiger partial charge in [-0.15, -0.1) is 0 Å². The van der Waals surface area contributed by atoms with Gasteiger partial charge in [0.2, 0.25) is 0 Å². The van der Waals surface area contributed by atoms with Crippen LogP contribution in [0.4, 0.5) is 0 Å². The molecule has 10 heteroatoms. The first-order valence-electron chi connectivity index (χ1n) is 10.8. The molecule has 1 atom stereocenters. The number of benzene rings is 1. The summed E-state index contributed by atoms with van der Waals surface area (Å²) in [5.41, 5.74) is 1.92. The topological polar surface area (TPSA) is 89.9 Å². The molecule has 0 spiro atoms. The van der Waals surface area contributed by atoms with Crippen LogP contribution in [-0.4, -0.2) is 73.5 Å². The normalized spacial score (nSPS) is 19.8. The van der Waals surface area contributed by atoms with Crippen molar-refractivity contribution in [3.05, 3.63) is 46.6 Å². The summed E-state index contributed by atoms with van der Waals surface area (Å²) in [6, 6.07) is 5.04. The molecular weight excluding hydrogens is 446 g/mol. The van der Waals surface area contributed by atoms with Crippen molar-refractivity contribution in [1.29, 1.82) is 0 Å². The lowest BCUT2D eigenvalue weighted by Gasteiger charge is -2.33. The van der Waals surface area contributed by atoms with Crippen LogP contribution in [0.3, 0.4) is 0 Å². The molecule has 4 rings (SSSR count). The molecule has 0 radical (unpaired) electrons. The van der Waals surface area contributed by atoms with Gasteiger partial charge in [-0.25, -0.2) is 9.79 Å². The van der Waals surface area contributed by atoms with Crippen LogP contribution in [0.5, 0.6) is 11.5 Å². The summed E-state index contributed by atoms with van der Waals surface area (Å²) >= 11 is 1.50. The second-order valence-electron chi connectivity index (χ2n) is 7.52. The zero-order valence-electron chi connectivity index (χ0n) is 18.9. The number of carbonyl (C=O) groups excluding carboxylic acids is 2. The lowest BCUT2D eigenvalue weighted by atomic mass is 9.94. The van der Waals surface area contributed by atoms with Crippen molar-refractivity contribution >= 4 is 28.8 Å². The SMILES string of the molecule is CCOC(=O)C1=C(C)N=C2SC=CN2C1c1ccc(OCC(=O)N2CCOCC2)c(OC)c1. The van der Waals surface area contributed by atoms with Crippen LogP contribution in [0.15, 0.2) is 46.1 Å². The van der Waals surface area contributed by atoms with Crippen LogP contribution in [0.2, 0.25) is 0 Å². The number of amides is 1. The Balaban J connectivity index is 1.58. The number of carbonyl (C=O) groups is 2. The van der Waals surface area contributed by atoms with E-state index in [1.54, 1.807) is 25.0 Å². The van der Waals surface area contributed by atoms with Crippen molar-refractivity contribution in [2.24, 2.45) is 4.99 Å². The minimum absolute atomic E-state index is 0.0888. The fraction of sp³-hybridized carbons (Fsp3) is 0.435. The van der Waals surface area contributed by atoms with Gasteiger partial charge in [-0.3, -0.25) is 4.79 Å². The molecule has 0 bridgehead atoms. The second kappa shape index (κ2) is 10.3. The predicted octanol–water partition coefficient (Wildman–Crippen LogP) is 2.70. The molecule has 1 amide bonds. The molecule has 33 heavy (non-hydrogen) atoms. The van der Waals surface area contributed by atoms with E-state index in [0.717, 1.165) is 10.7 Å². The first-order chi connectivity index (χ1) is 16.0. The van der Waals surface area contributed by atoms with Gasteiger partial charge in [-0.2, -0.15) is 0 Å². The third-order valence-corrected chi connectivity index (χ3v) is 6.30. The maximum absolute atomic E-state index is 12.8. The summed E-state index contributed by atoms with van der Waals surface area (Å²) in [5.74, 6) is 0.434. The first kappa shape index (κ1) is 23.2. The minimum Gasteiger partial charge on any atom is -0.493 e. The Morgan fingerprint density at radius 2 is 2.03 bits per heavy atom. The zero-order valence-corrected chi connectivity index (χ0v) is 19.7. The van der Waals surface area contributed by atoms with E-state index in [9.17, 15) is 9.59 Å². The summed E-state index contributed by atoms with van der Waals surface area (Å²) in [6.45, 7) is 5.98. The van der Waals surface area contributed by atoms with Crippen LogP contribution < -0.4 is 9.47 Å². The summed E-state index contributed by atoms with van der Waals surface area (Å²) in [7, 11) is 1.54. The van der Waals surface area contributed by atoms with Gasteiger partial charge in [0, 0.05) is 19.3 Å². The standard InChI is InChI=1S/C23H27N3O6S/c1-4-31-22(28)20-15(2)24-23-26(9-12-33-23)21(20)16-5-6-17(18(13-16)29-3)32-14-19(27)25-7-10-30-11-8-25/h5-6,9,12-13,21H,4,7-8,10-11,14H2,1-3H3. The highest BCUT2D eigenvalue weighted by Gasteiger charge is 2.37. The molecule has 3 heterocycles. The molecule has 3 aliphatic rings. The van der Waals surface area contributed by atoms with E-state index in [2.05, 4.69) is 4.99 Å². The molecule has 0 aliphatic carbocycles. The van der Waals surface area contributed by atoms with E-state index in [4.69, 9.17) is 18.9 Å². The Hall–Kier alpha value is -2.98. The number of hydrogen-bond donors (Lipinski definition) is 0. The van der Waals surface area contributed by atoms with Gasteiger partial charge >= 0.3 is 5.97 Å². The predicted molar refractivity (Wildman–Crippen MR) is 124 cm³/mol. The highest BCUT2D eigenvalue weighted by molar-refractivity contribution is 8.16. The summed E-state index contributed by atoms with van der Waals surface area (Å²) in [4.78, 5) is 33.5. The van der Waals surface area contributed by atoms with Crippen molar-refractivity contribution in [3.8, 4) is 11.5 Å². The number of esters is 1. The number of hydrogen-bond acceptors (Lipinski definition) is 9. The number of methoxy groups -OCH3 is 1. The van der Waals surface area contributed by atoms with Crippen LogP contribution in [0, 0.1) is 0 Å². The maximum Gasteiger partial charge on any atom is 0.338 e. The average Bonchev–Trinajstić information content (AvgIpc) is 3.30. The van der Waals surface area contributed by atoms with E-state index in [0.29, 0.717) is 49.1 Å². The molecule has 176 valence electrons. The van der Waals surface area contributed by atoms with E-state index < -0.39 is 12.0 Å². The Bertz CT molecular complexity index is 1020. The van der Waals surface area contributed by atoms with E-state index in [1.165, 1.54) is 11.8 Å². The Morgan fingerprint density at radius 1 is 1.24 bits per heavy atom. The quantitative estimate of drug-likeness (QED) is 0.559. The van der Waals surface area contributed by atoms with Gasteiger partial charge in [0.1, 0.15) is 0 Å². The molecular formula is C23H27N3O6S. The van der Waals surface area contributed by atoms with Gasteiger partial charge in [0.15, 0.2) is 23.3 Å². The number of thioether (sulfide) groups is 1. The minimum atomic E-state index is -0.416. The number of morpholine rings is 1. The molecule has 9 nitrogen and oxygen atoms in total. The van der Waals surface area contributed by atoms with Gasteiger partial charge in [-0.05, 0) is 37.0 Å². The molecule has 1 fully saturated rings. The maximum atomic E-state index is 12.8. The Morgan fingerprint density at radius 3 is 2.76 bits per heavy atom.